The third-order valence-corrected chi connectivity index (χ3v) is 9.58. The number of hydrogen-bond acceptors (Lipinski definition) is 7. The average Bonchev–Trinajstić information content (AvgIpc) is 3.82. The number of hydrogen-bond donors (Lipinski definition) is 6. The molecule has 0 saturated heterocycles. The Balaban J connectivity index is 1.05. The smallest absolute Gasteiger partial charge is 0.323 e. The lowest BCUT2D eigenvalue weighted by atomic mass is 10.0. The van der Waals surface area contributed by atoms with Gasteiger partial charge in [0.2, 0.25) is 11.8 Å². The van der Waals surface area contributed by atoms with Crippen molar-refractivity contribution in [3.05, 3.63) is 101 Å². The van der Waals surface area contributed by atoms with E-state index >= 15 is 0 Å². The molecule has 14 heteroatoms. The fourth-order valence-electron chi connectivity index (χ4n) is 6.61. The number of rotatable bonds is 14. The quantitative estimate of drug-likeness (QED) is 0.0690. The van der Waals surface area contributed by atoms with Gasteiger partial charge in [0.25, 0.3) is 11.8 Å². The molecule has 284 valence electrons. The third-order valence-electron chi connectivity index (χ3n) is 9.58. The number of fused-ring (bicyclic) bond motifs is 2. The van der Waals surface area contributed by atoms with Gasteiger partial charge in [-0.25, -0.2) is 9.48 Å². The van der Waals surface area contributed by atoms with Gasteiger partial charge in [0.1, 0.15) is 0 Å². The fourth-order valence-corrected chi connectivity index (χ4v) is 6.61. The van der Waals surface area contributed by atoms with Gasteiger partial charge in [-0.05, 0) is 93.5 Å². The van der Waals surface area contributed by atoms with Crippen LogP contribution in [0.4, 0.5) is 27.5 Å². The molecule has 0 spiro atoms. The molecule has 0 saturated carbocycles. The Morgan fingerprint density at radius 3 is 2.36 bits per heavy atom. The number of carbonyl (C=O) groups excluding carboxylic acids is 5. The van der Waals surface area contributed by atoms with Crippen LogP contribution in [0.3, 0.4) is 0 Å². The van der Waals surface area contributed by atoms with Crippen LogP contribution in [0.5, 0.6) is 0 Å². The minimum absolute atomic E-state index is 0.0662. The van der Waals surface area contributed by atoms with Crippen LogP contribution >= 0.6 is 0 Å². The van der Waals surface area contributed by atoms with Crippen LogP contribution in [0.15, 0.2) is 72.9 Å². The van der Waals surface area contributed by atoms with Crippen LogP contribution in [0.25, 0.3) is 22.6 Å². The zero-order chi connectivity index (χ0) is 39.1. The molecule has 5 aromatic rings. The van der Waals surface area contributed by atoms with Crippen molar-refractivity contribution in [1.82, 2.24) is 25.0 Å². The van der Waals surface area contributed by atoms with Gasteiger partial charge in [-0.1, -0.05) is 32.0 Å². The lowest BCUT2D eigenvalue weighted by molar-refractivity contribution is -0.116. The molecular formula is C41H45N9O5. The topological polar surface area (TPSA) is 182 Å². The number of likely N-dealkylation sites (N-methyl/N-ethyl adjacent to an activating group) is 1. The van der Waals surface area contributed by atoms with E-state index in [1.54, 1.807) is 60.8 Å². The number of nitrogens with zero attached hydrogens (tertiary/aromatic N) is 3. The molecule has 3 aromatic carbocycles. The minimum atomic E-state index is -0.421. The van der Waals surface area contributed by atoms with E-state index in [1.165, 1.54) is 4.68 Å². The largest absolute Gasteiger partial charge is 0.358 e. The number of amides is 5. The first-order valence-corrected chi connectivity index (χ1v) is 18.4. The van der Waals surface area contributed by atoms with E-state index in [2.05, 4.69) is 55.4 Å². The van der Waals surface area contributed by atoms with E-state index < -0.39 is 6.03 Å². The van der Waals surface area contributed by atoms with Gasteiger partial charge in [0.05, 0.1) is 22.9 Å². The summed E-state index contributed by atoms with van der Waals surface area (Å²) in [5.41, 5.74) is 6.43. The number of benzene rings is 3. The lowest BCUT2D eigenvalue weighted by Crippen LogP contribution is -2.35. The molecular weight excluding hydrogens is 699 g/mol. The number of nitrogens with one attached hydrogen (secondary N) is 6. The summed E-state index contributed by atoms with van der Waals surface area (Å²) < 4.78 is 1.28. The van der Waals surface area contributed by atoms with Crippen molar-refractivity contribution in [1.29, 1.82) is 0 Å². The lowest BCUT2D eigenvalue weighted by Gasteiger charge is -2.18. The summed E-state index contributed by atoms with van der Waals surface area (Å²) in [6, 6.07) is 19.0. The van der Waals surface area contributed by atoms with E-state index in [9.17, 15) is 24.0 Å². The predicted molar refractivity (Wildman–Crippen MR) is 215 cm³/mol. The number of aromatic nitrogens is 3. The number of carbonyl (C=O) groups is 5. The Bertz CT molecular complexity index is 2290. The number of urea groups is 1. The van der Waals surface area contributed by atoms with Crippen LogP contribution in [0.1, 0.15) is 70.8 Å². The van der Waals surface area contributed by atoms with Crippen LogP contribution in [-0.4, -0.2) is 75.5 Å². The summed E-state index contributed by atoms with van der Waals surface area (Å²) in [5.74, 6) is -1.04. The Hall–Kier alpha value is -6.54. The number of aromatic amines is 1. The van der Waals surface area contributed by atoms with Crippen LogP contribution in [0.2, 0.25) is 0 Å². The maximum atomic E-state index is 13.2. The second-order valence-electron chi connectivity index (χ2n) is 13.3. The molecule has 0 bridgehead atoms. The maximum Gasteiger partial charge on any atom is 0.323 e. The zero-order valence-electron chi connectivity index (χ0n) is 31.3. The standard InChI is InChI=1S/C41H45N9O5/c1-5-49(6-2)20-19-42-40(54)38-25(3)34(44-26(38)4)23-32-31-21-29(17-18-33(31)48-39(32)53)45-36(51)13-10-14-37(52)50-35-22-30(16-15-27(35)24-43-50)47-41(55)46-28-11-8-7-9-12-28/h7-9,11-12,15-18,21-24,44H,5-6,10,13-14,19-20H2,1-4H3,(H,42,54)(H,45,51)(H,48,53)(H2,46,47,55)/b32-23-. The SMILES string of the molecule is CCN(CC)CCNC(=O)c1c(C)[nH]c(/C=C2\C(=O)Nc3ccc(NC(=O)CCCC(=O)n4ncc5ccc(NC(=O)Nc6ccccc6)cc54)cc32)c1C. The normalized spacial score (nSPS) is 12.8. The van der Waals surface area contributed by atoms with Gasteiger partial charge in [-0.15, -0.1) is 0 Å². The van der Waals surface area contributed by atoms with Gasteiger partial charge < -0.3 is 36.5 Å². The monoisotopic (exact) mass is 743 g/mol. The molecule has 0 unspecified atom stereocenters. The third kappa shape index (κ3) is 8.99. The first kappa shape index (κ1) is 38.2. The molecule has 55 heavy (non-hydrogen) atoms. The van der Waals surface area contributed by atoms with Gasteiger partial charge in [0.15, 0.2) is 0 Å². The number of H-pyrrole nitrogens is 1. The Morgan fingerprint density at radius 2 is 1.60 bits per heavy atom. The van der Waals surface area contributed by atoms with Crippen molar-refractivity contribution in [2.24, 2.45) is 0 Å². The molecule has 0 aliphatic carbocycles. The molecule has 0 atom stereocenters. The van der Waals surface area contributed by atoms with Crippen molar-refractivity contribution in [3.63, 3.8) is 0 Å². The number of anilines is 4. The average molecular weight is 744 g/mol. The molecule has 6 rings (SSSR count). The zero-order valence-corrected chi connectivity index (χ0v) is 31.3. The van der Waals surface area contributed by atoms with Gasteiger partial charge in [-0.3, -0.25) is 19.2 Å². The Labute approximate surface area is 318 Å². The summed E-state index contributed by atoms with van der Waals surface area (Å²) in [4.78, 5) is 70.3. The van der Waals surface area contributed by atoms with Crippen LogP contribution in [0, 0.1) is 13.8 Å². The van der Waals surface area contributed by atoms with Crippen LogP contribution < -0.4 is 26.6 Å². The van der Waals surface area contributed by atoms with Gasteiger partial charge in [-0.2, -0.15) is 5.10 Å². The highest BCUT2D eigenvalue weighted by molar-refractivity contribution is 6.35. The Kier molecular flexibility index (Phi) is 11.9. The van der Waals surface area contributed by atoms with E-state index in [0.29, 0.717) is 62.9 Å². The summed E-state index contributed by atoms with van der Waals surface area (Å²) >= 11 is 0. The van der Waals surface area contributed by atoms with Crippen LogP contribution in [-0.2, 0) is 9.59 Å². The van der Waals surface area contributed by atoms with Crippen molar-refractivity contribution in [2.75, 3.05) is 47.4 Å². The molecule has 14 nitrogen and oxygen atoms in total. The molecule has 3 heterocycles. The molecule has 1 aliphatic heterocycles. The number of para-hydroxylation sites is 1. The minimum Gasteiger partial charge on any atom is -0.358 e. The molecule has 0 fully saturated rings. The molecule has 1 aliphatic rings. The summed E-state index contributed by atoms with van der Waals surface area (Å²) in [6.07, 6.45) is 3.72. The Morgan fingerprint density at radius 1 is 0.873 bits per heavy atom. The number of aryl methyl sites for hydroxylation is 1. The van der Waals surface area contributed by atoms with Crippen molar-refractivity contribution >= 4 is 75.0 Å². The van der Waals surface area contributed by atoms with E-state index in [4.69, 9.17) is 0 Å². The highest BCUT2D eigenvalue weighted by atomic mass is 16.2. The van der Waals surface area contributed by atoms with Gasteiger partial charge in [0, 0.05) is 71.0 Å². The van der Waals surface area contributed by atoms with E-state index in [0.717, 1.165) is 30.6 Å². The van der Waals surface area contributed by atoms with E-state index in [1.807, 2.05) is 32.0 Å². The molecule has 2 aromatic heterocycles. The molecule has 6 N–H and O–H groups in total. The highest BCUT2D eigenvalue weighted by Gasteiger charge is 2.26. The fraction of sp³-hybridized carbons (Fsp3) is 0.268. The second-order valence-corrected chi connectivity index (χ2v) is 13.3. The summed E-state index contributed by atoms with van der Waals surface area (Å²) in [5, 5.41) is 19.3. The van der Waals surface area contributed by atoms with E-state index in [-0.39, 0.29) is 42.9 Å². The summed E-state index contributed by atoms with van der Waals surface area (Å²) in [7, 11) is 0. The first-order valence-electron chi connectivity index (χ1n) is 18.4. The highest BCUT2D eigenvalue weighted by Crippen LogP contribution is 2.36. The second kappa shape index (κ2) is 17.1. The van der Waals surface area contributed by atoms with Crippen molar-refractivity contribution in [2.45, 2.75) is 47.0 Å². The molecule has 5 amide bonds. The summed E-state index contributed by atoms with van der Waals surface area (Å²) in [6.45, 7) is 11.0. The predicted octanol–water partition coefficient (Wildman–Crippen LogP) is 6.64. The van der Waals surface area contributed by atoms with Gasteiger partial charge >= 0.3 is 6.03 Å². The maximum absolute atomic E-state index is 13.2. The van der Waals surface area contributed by atoms with Crippen molar-refractivity contribution in [3.8, 4) is 0 Å². The first-order chi connectivity index (χ1) is 26.5. The van der Waals surface area contributed by atoms with Crippen molar-refractivity contribution < 1.29 is 24.0 Å². The molecule has 0 radical (unpaired) electrons.